The molecule has 1 aliphatic rings. The van der Waals surface area contributed by atoms with Crippen molar-refractivity contribution >= 4 is 27.3 Å². The Hall–Kier alpha value is -0.960. The number of carbonyl (C=O) groups is 1. The highest BCUT2D eigenvalue weighted by Gasteiger charge is 2.39. The lowest BCUT2D eigenvalue weighted by Gasteiger charge is -2.22. The quantitative estimate of drug-likeness (QED) is 0.758. The molecule has 1 aromatic rings. The maximum atomic E-state index is 12.5. The molecule has 2 heterocycles. The van der Waals surface area contributed by atoms with Crippen molar-refractivity contribution in [2.45, 2.75) is 29.5 Å². The van der Waals surface area contributed by atoms with Crippen molar-refractivity contribution in [3.05, 3.63) is 17.5 Å². The second-order valence-corrected chi connectivity index (χ2v) is 7.91. The standard InChI is InChI=1S/C13H20N2O4S2/c1-19-9-4-7-14-13(16)11-5-2-8-15(11)21(17,18)12-6-3-10-20-12/h3,6,10-11H,2,4-5,7-9H2,1H3,(H,14,16). The van der Waals surface area contributed by atoms with Crippen LogP contribution >= 0.6 is 11.3 Å². The molecule has 6 nitrogen and oxygen atoms in total. The summed E-state index contributed by atoms with van der Waals surface area (Å²) in [5.41, 5.74) is 0. The summed E-state index contributed by atoms with van der Waals surface area (Å²) in [6, 6.07) is 2.68. The lowest BCUT2D eigenvalue weighted by molar-refractivity contribution is -0.124. The fourth-order valence-electron chi connectivity index (χ4n) is 2.36. The van der Waals surface area contributed by atoms with Gasteiger partial charge in [0.25, 0.3) is 10.0 Å². The Morgan fingerprint density at radius 3 is 3.05 bits per heavy atom. The largest absolute Gasteiger partial charge is 0.385 e. The fourth-order valence-corrected chi connectivity index (χ4v) is 5.14. The van der Waals surface area contributed by atoms with Gasteiger partial charge in [0.05, 0.1) is 0 Å². The zero-order valence-electron chi connectivity index (χ0n) is 11.9. The van der Waals surface area contributed by atoms with Crippen molar-refractivity contribution in [2.24, 2.45) is 0 Å². The van der Waals surface area contributed by atoms with Crippen molar-refractivity contribution < 1.29 is 17.9 Å². The van der Waals surface area contributed by atoms with E-state index in [4.69, 9.17) is 4.74 Å². The van der Waals surface area contributed by atoms with Crippen molar-refractivity contribution in [1.82, 2.24) is 9.62 Å². The maximum absolute atomic E-state index is 12.5. The van der Waals surface area contributed by atoms with Crippen LogP contribution in [-0.2, 0) is 19.6 Å². The van der Waals surface area contributed by atoms with Crippen LogP contribution in [0.5, 0.6) is 0 Å². The molecule has 1 aliphatic heterocycles. The molecule has 118 valence electrons. The Morgan fingerprint density at radius 1 is 1.57 bits per heavy atom. The van der Waals surface area contributed by atoms with Gasteiger partial charge < -0.3 is 10.1 Å². The molecule has 2 rings (SSSR count). The number of hydrogen-bond donors (Lipinski definition) is 1. The van der Waals surface area contributed by atoms with Gasteiger partial charge in [-0.1, -0.05) is 6.07 Å². The summed E-state index contributed by atoms with van der Waals surface area (Å²) in [5, 5.41) is 4.51. The molecule has 1 aromatic heterocycles. The van der Waals surface area contributed by atoms with Gasteiger partial charge in [-0.15, -0.1) is 11.3 Å². The van der Waals surface area contributed by atoms with Crippen LogP contribution in [0.4, 0.5) is 0 Å². The zero-order valence-corrected chi connectivity index (χ0v) is 13.6. The predicted octanol–water partition coefficient (Wildman–Crippen LogP) is 1.05. The van der Waals surface area contributed by atoms with E-state index in [1.807, 2.05) is 0 Å². The van der Waals surface area contributed by atoms with Crippen LogP contribution in [0.3, 0.4) is 0 Å². The first-order valence-electron chi connectivity index (χ1n) is 6.89. The monoisotopic (exact) mass is 332 g/mol. The number of nitrogens with one attached hydrogen (secondary N) is 1. The lowest BCUT2D eigenvalue weighted by atomic mass is 10.2. The molecule has 8 heteroatoms. The highest BCUT2D eigenvalue weighted by atomic mass is 32.2. The number of carbonyl (C=O) groups excluding carboxylic acids is 1. The molecule has 1 saturated heterocycles. The van der Waals surface area contributed by atoms with E-state index >= 15 is 0 Å². The molecule has 0 aliphatic carbocycles. The number of hydrogen-bond acceptors (Lipinski definition) is 5. The van der Waals surface area contributed by atoms with E-state index in [0.29, 0.717) is 43.2 Å². The Labute approximate surface area is 129 Å². The first-order valence-corrected chi connectivity index (χ1v) is 9.21. The normalized spacial score (nSPS) is 19.8. The summed E-state index contributed by atoms with van der Waals surface area (Å²) >= 11 is 1.18. The number of thiophene rings is 1. The summed E-state index contributed by atoms with van der Waals surface area (Å²) in [6.45, 7) is 1.47. The molecule has 1 fully saturated rings. The molecule has 0 aromatic carbocycles. The Kier molecular flexibility index (Phi) is 5.74. The third kappa shape index (κ3) is 3.82. The maximum Gasteiger partial charge on any atom is 0.253 e. The van der Waals surface area contributed by atoms with E-state index in [9.17, 15) is 13.2 Å². The third-order valence-electron chi connectivity index (χ3n) is 3.39. The van der Waals surface area contributed by atoms with Gasteiger partial charge in [-0.25, -0.2) is 8.42 Å². The Bertz CT molecular complexity index is 557. The van der Waals surface area contributed by atoms with Crippen molar-refractivity contribution in [3.63, 3.8) is 0 Å². The highest BCUT2D eigenvalue weighted by Crippen LogP contribution is 2.28. The van der Waals surface area contributed by atoms with Gasteiger partial charge in [0.1, 0.15) is 10.3 Å². The van der Waals surface area contributed by atoms with E-state index in [0.717, 1.165) is 0 Å². The molecule has 21 heavy (non-hydrogen) atoms. The molecule has 0 bridgehead atoms. The summed E-state index contributed by atoms with van der Waals surface area (Å²) in [7, 11) is -1.95. The topological polar surface area (TPSA) is 75.7 Å². The summed E-state index contributed by atoms with van der Waals surface area (Å²) < 4.78 is 31.6. The molecule has 1 atom stereocenters. The Balaban J connectivity index is 2.02. The van der Waals surface area contributed by atoms with Crippen LogP contribution in [0.2, 0.25) is 0 Å². The summed E-state index contributed by atoms with van der Waals surface area (Å²) in [5.74, 6) is -0.219. The number of nitrogens with zero attached hydrogens (tertiary/aromatic N) is 1. The minimum absolute atomic E-state index is 0.219. The average molecular weight is 332 g/mol. The fraction of sp³-hybridized carbons (Fsp3) is 0.615. The number of amides is 1. The van der Waals surface area contributed by atoms with Crippen LogP contribution in [-0.4, -0.2) is 51.5 Å². The third-order valence-corrected chi connectivity index (χ3v) is 6.67. The van der Waals surface area contributed by atoms with Crippen LogP contribution < -0.4 is 5.32 Å². The minimum atomic E-state index is -3.56. The van der Waals surface area contributed by atoms with Gasteiger partial charge in [-0.3, -0.25) is 4.79 Å². The van der Waals surface area contributed by atoms with Gasteiger partial charge in [-0.05, 0) is 30.7 Å². The highest BCUT2D eigenvalue weighted by molar-refractivity contribution is 7.91. The molecule has 1 unspecified atom stereocenters. The van der Waals surface area contributed by atoms with E-state index in [2.05, 4.69) is 5.32 Å². The minimum Gasteiger partial charge on any atom is -0.385 e. The van der Waals surface area contributed by atoms with Gasteiger partial charge in [-0.2, -0.15) is 4.31 Å². The molecule has 1 N–H and O–H groups in total. The number of sulfonamides is 1. The smallest absolute Gasteiger partial charge is 0.253 e. The molecule has 0 spiro atoms. The molecule has 1 amide bonds. The van der Waals surface area contributed by atoms with Crippen LogP contribution in [0, 0.1) is 0 Å². The number of ether oxygens (including phenoxy) is 1. The number of methoxy groups -OCH3 is 1. The van der Waals surface area contributed by atoms with Gasteiger partial charge in [0.15, 0.2) is 0 Å². The zero-order chi connectivity index (χ0) is 15.3. The first-order chi connectivity index (χ1) is 10.1. The van der Waals surface area contributed by atoms with Crippen molar-refractivity contribution in [3.8, 4) is 0 Å². The summed E-state index contributed by atoms with van der Waals surface area (Å²) in [6.07, 6.45) is 1.99. The molecule has 0 radical (unpaired) electrons. The van der Waals surface area contributed by atoms with E-state index in [-0.39, 0.29) is 5.91 Å². The van der Waals surface area contributed by atoms with Crippen LogP contribution in [0.1, 0.15) is 19.3 Å². The Morgan fingerprint density at radius 2 is 2.38 bits per heavy atom. The first kappa shape index (κ1) is 16.4. The SMILES string of the molecule is COCCCNC(=O)C1CCCN1S(=O)(=O)c1cccs1. The van der Waals surface area contributed by atoms with Crippen molar-refractivity contribution in [2.75, 3.05) is 26.8 Å². The van der Waals surface area contributed by atoms with Crippen LogP contribution in [0.15, 0.2) is 21.7 Å². The van der Waals surface area contributed by atoms with Crippen LogP contribution in [0.25, 0.3) is 0 Å². The van der Waals surface area contributed by atoms with E-state index in [1.54, 1.807) is 24.6 Å². The van der Waals surface area contributed by atoms with Crippen molar-refractivity contribution in [1.29, 1.82) is 0 Å². The van der Waals surface area contributed by atoms with Gasteiger partial charge in [0, 0.05) is 26.8 Å². The molecule has 0 saturated carbocycles. The van der Waals surface area contributed by atoms with E-state index in [1.165, 1.54) is 15.6 Å². The van der Waals surface area contributed by atoms with E-state index < -0.39 is 16.1 Å². The predicted molar refractivity (Wildman–Crippen MR) is 80.7 cm³/mol. The second kappa shape index (κ2) is 7.35. The molecular formula is C13H20N2O4S2. The lowest BCUT2D eigenvalue weighted by Crippen LogP contribution is -2.46. The summed E-state index contributed by atoms with van der Waals surface area (Å²) in [4.78, 5) is 12.2. The van der Waals surface area contributed by atoms with Gasteiger partial charge >= 0.3 is 0 Å². The molecular weight excluding hydrogens is 312 g/mol. The second-order valence-electron chi connectivity index (χ2n) is 4.84. The number of rotatable bonds is 7. The average Bonchev–Trinajstić information content (AvgIpc) is 3.13. The van der Waals surface area contributed by atoms with Gasteiger partial charge in [0.2, 0.25) is 5.91 Å².